The lowest BCUT2D eigenvalue weighted by molar-refractivity contribution is 0.0780. The molecule has 0 saturated heterocycles. The average Bonchev–Trinajstić information content (AvgIpc) is 2.40. The van der Waals surface area contributed by atoms with Crippen molar-refractivity contribution in [3.8, 4) is 0 Å². The molecule has 0 aliphatic heterocycles. The molecular weight excluding hydrogens is 284 g/mol. The van der Waals surface area contributed by atoms with Gasteiger partial charge >= 0.3 is 0 Å². The second kappa shape index (κ2) is 6.01. The van der Waals surface area contributed by atoms with Gasteiger partial charge in [-0.3, -0.25) is 4.79 Å². The van der Waals surface area contributed by atoms with Crippen molar-refractivity contribution in [2.75, 3.05) is 7.05 Å². The predicted molar refractivity (Wildman–Crippen MR) is 73.6 cm³/mol. The monoisotopic (exact) mass is 295 g/mol. The van der Waals surface area contributed by atoms with Crippen LogP contribution >= 0.6 is 11.6 Å². The van der Waals surface area contributed by atoms with Crippen LogP contribution in [0.5, 0.6) is 0 Å². The van der Waals surface area contributed by atoms with Crippen molar-refractivity contribution in [2.24, 2.45) is 0 Å². The Morgan fingerprint density at radius 1 is 1.15 bits per heavy atom. The number of hydrogen-bond acceptors (Lipinski definition) is 1. The molecule has 2 rings (SSSR count). The standard InChI is InChI=1S/C15H12ClF2NO/c1-19(9-10-2-4-11(16)5-3-10)15(20)13-7-6-12(17)8-14(13)18/h2-8H,9H2,1H3. The third-order valence-corrected chi connectivity index (χ3v) is 3.09. The number of carbonyl (C=O) groups excluding carboxylic acids is 1. The molecule has 0 aliphatic carbocycles. The topological polar surface area (TPSA) is 20.3 Å². The van der Waals surface area contributed by atoms with Gasteiger partial charge in [0.1, 0.15) is 11.6 Å². The minimum absolute atomic E-state index is 0.150. The first-order valence-corrected chi connectivity index (χ1v) is 6.30. The van der Waals surface area contributed by atoms with Crippen LogP contribution in [-0.4, -0.2) is 17.9 Å². The lowest BCUT2D eigenvalue weighted by Crippen LogP contribution is -2.27. The average molecular weight is 296 g/mol. The van der Waals surface area contributed by atoms with E-state index >= 15 is 0 Å². The first kappa shape index (κ1) is 14.5. The Hall–Kier alpha value is -1.94. The summed E-state index contributed by atoms with van der Waals surface area (Å²) in [4.78, 5) is 13.4. The highest BCUT2D eigenvalue weighted by atomic mass is 35.5. The van der Waals surface area contributed by atoms with E-state index in [0.29, 0.717) is 17.6 Å². The smallest absolute Gasteiger partial charge is 0.256 e. The first-order chi connectivity index (χ1) is 9.47. The molecule has 2 nitrogen and oxygen atoms in total. The highest BCUT2D eigenvalue weighted by Gasteiger charge is 2.16. The first-order valence-electron chi connectivity index (χ1n) is 5.92. The van der Waals surface area contributed by atoms with Gasteiger partial charge in [0.2, 0.25) is 0 Å². The molecule has 0 atom stereocenters. The molecule has 2 aromatic rings. The predicted octanol–water partition coefficient (Wildman–Crippen LogP) is 3.89. The van der Waals surface area contributed by atoms with Gasteiger partial charge in [-0.15, -0.1) is 0 Å². The molecule has 0 saturated carbocycles. The minimum Gasteiger partial charge on any atom is -0.337 e. The van der Waals surface area contributed by atoms with E-state index in [-0.39, 0.29) is 5.56 Å². The normalized spacial score (nSPS) is 10.4. The van der Waals surface area contributed by atoms with E-state index in [1.54, 1.807) is 31.3 Å². The van der Waals surface area contributed by atoms with E-state index in [0.717, 1.165) is 17.7 Å². The summed E-state index contributed by atoms with van der Waals surface area (Å²) in [7, 11) is 1.56. The fourth-order valence-electron chi connectivity index (χ4n) is 1.80. The lowest BCUT2D eigenvalue weighted by atomic mass is 10.1. The zero-order valence-corrected chi connectivity index (χ0v) is 11.5. The van der Waals surface area contributed by atoms with E-state index in [9.17, 15) is 13.6 Å². The molecule has 0 bridgehead atoms. The van der Waals surface area contributed by atoms with Crippen molar-refractivity contribution in [3.63, 3.8) is 0 Å². The van der Waals surface area contributed by atoms with Crippen molar-refractivity contribution in [1.82, 2.24) is 4.90 Å². The van der Waals surface area contributed by atoms with Gasteiger partial charge in [-0.05, 0) is 29.8 Å². The molecule has 104 valence electrons. The van der Waals surface area contributed by atoms with Crippen molar-refractivity contribution in [1.29, 1.82) is 0 Å². The number of rotatable bonds is 3. The molecule has 0 radical (unpaired) electrons. The summed E-state index contributed by atoms with van der Waals surface area (Å²) in [6.45, 7) is 0.312. The van der Waals surface area contributed by atoms with E-state index in [2.05, 4.69) is 0 Å². The van der Waals surface area contributed by atoms with Crippen LogP contribution in [0.2, 0.25) is 5.02 Å². The highest BCUT2D eigenvalue weighted by Crippen LogP contribution is 2.15. The zero-order valence-electron chi connectivity index (χ0n) is 10.7. The molecule has 0 unspecified atom stereocenters. The summed E-state index contributed by atoms with van der Waals surface area (Å²) in [5, 5.41) is 0.604. The molecule has 5 heteroatoms. The Balaban J connectivity index is 2.14. The SMILES string of the molecule is CN(Cc1ccc(Cl)cc1)C(=O)c1ccc(F)cc1F. The molecule has 20 heavy (non-hydrogen) atoms. The van der Waals surface area contributed by atoms with Gasteiger partial charge in [0, 0.05) is 24.7 Å². The molecular formula is C15H12ClF2NO. The Labute approximate surface area is 120 Å². The van der Waals surface area contributed by atoms with E-state index in [4.69, 9.17) is 11.6 Å². The summed E-state index contributed by atoms with van der Waals surface area (Å²) in [6.07, 6.45) is 0. The Kier molecular flexibility index (Phi) is 4.35. The van der Waals surface area contributed by atoms with Crippen molar-refractivity contribution in [2.45, 2.75) is 6.54 Å². The van der Waals surface area contributed by atoms with Crippen LogP contribution in [0.3, 0.4) is 0 Å². The summed E-state index contributed by atoms with van der Waals surface area (Å²) < 4.78 is 26.4. The second-order valence-electron chi connectivity index (χ2n) is 4.41. The molecule has 0 heterocycles. The number of nitrogens with zero attached hydrogens (tertiary/aromatic N) is 1. The number of halogens is 3. The Morgan fingerprint density at radius 3 is 2.40 bits per heavy atom. The number of amides is 1. The Bertz CT molecular complexity index is 628. The van der Waals surface area contributed by atoms with Crippen molar-refractivity contribution in [3.05, 3.63) is 70.2 Å². The molecule has 0 aliphatic rings. The van der Waals surface area contributed by atoms with Crippen LogP contribution in [0.25, 0.3) is 0 Å². The van der Waals surface area contributed by atoms with Crippen molar-refractivity contribution < 1.29 is 13.6 Å². The largest absolute Gasteiger partial charge is 0.337 e. The van der Waals surface area contributed by atoms with Crippen LogP contribution in [0.4, 0.5) is 8.78 Å². The highest BCUT2D eigenvalue weighted by molar-refractivity contribution is 6.30. The quantitative estimate of drug-likeness (QED) is 0.841. The second-order valence-corrected chi connectivity index (χ2v) is 4.85. The maximum Gasteiger partial charge on any atom is 0.256 e. The van der Waals surface area contributed by atoms with Crippen LogP contribution in [0.1, 0.15) is 15.9 Å². The van der Waals surface area contributed by atoms with Gasteiger partial charge in [0.15, 0.2) is 0 Å². The molecule has 1 amide bonds. The fraction of sp³-hybridized carbons (Fsp3) is 0.133. The number of hydrogen-bond donors (Lipinski definition) is 0. The maximum absolute atomic E-state index is 13.5. The number of carbonyl (C=O) groups is 1. The van der Waals surface area contributed by atoms with Crippen LogP contribution in [0, 0.1) is 11.6 Å². The third-order valence-electron chi connectivity index (χ3n) is 2.84. The van der Waals surface area contributed by atoms with Crippen molar-refractivity contribution >= 4 is 17.5 Å². The molecule has 0 spiro atoms. The van der Waals surface area contributed by atoms with E-state index in [1.165, 1.54) is 4.90 Å². The summed E-state index contributed by atoms with van der Waals surface area (Å²) >= 11 is 5.78. The summed E-state index contributed by atoms with van der Waals surface area (Å²) in [5.74, 6) is -2.07. The molecule has 0 N–H and O–H groups in total. The third kappa shape index (κ3) is 3.33. The van der Waals surface area contributed by atoms with Gasteiger partial charge in [0.05, 0.1) is 5.56 Å². The van der Waals surface area contributed by atoms with Gasteiger partial charge in [-0.2, -0.15) is 0 Å². The number of benzene rings is 2. The minimum atomic E-state index is -0.863. The fourth-order valence-corrected chi connectivity index (χ4v) is 1.93. The van der Waals surface area contributed by atoms with E-state index < -0.39 is 17.5 Å². The zero-order chi connectivity index (χ0) is 14.7. The Morgan fingerprint density at radius 2 is 1.80 bits per heavy atom. The van der Waals surface area contributed by atoms with Gasteiger partial charge in [-0.25, -0.2) is 8.78 Å². The molecule has 0 fully saturated rings. The van der Waals surface area contributed by atoms with Crippen LogP contribution in [0.15, 0.2) is 42.5 Å². The van der Waals surface area contributed by atoms with Gasteiger partial charge in [0.25, 0.3) is 5.91 Å². The summed E-state index contributed by atoms with van der Waals surface area (Å²) in [5.41, 5.74) is 0.718. The van der Waals surface area contributed by atoms with E-state index in [1.807, 2.05) is 0 Å². The van der Waals surface area contributed by atoms with Gasteiger partial charge < -0.3 is 4.90 Å². The van der Waals surface area contributed by atoms with Crippen LogP contribution < -0.4 is 0 Å². The molecule has 2 aromatic carbocycles. The lowest BCUT2D eigenvalue weighted by Gasteiger charge is -2.17. The van der Waals surface area contributed by atoms with Crippen LogP contribution in [-0.2, 0) is 6.54 Å². The molecule has 0 aromatic heterocycles. The maximum atomic E-state index is 13.5. The van der Waals surface area contributed by atoms with Gasteiger partial charge in [-0.1, -0.05) is 23.7 Å². The summed E-state index contributed by atoms with van der Waals surface area (Å²) in [6, 6.07) is 9.91.